The minimum absolute atomic E-state index is 0.0628. The highest BCUT2D eigenvalue weighted by molar-refractivity contribution is 7.99. The van der Waals surface area contributed by atoms with Gasteiger partial charge in [0.25, 0.3) is 0 Å². The molecule has 1 heterocycles. The number of rotatable bonds is 9. The monoisotopic (exact) mass is 312 g/mol. The summed E-state index contributed by atoms with van der Waals surface area (Å²) in [4.78, 5) is 15.2. The standard InChI is InChI=1S/C16H28N2O2S/c1-11(2)7-6-8-13(5)18-14(12(3)4)9-17-16(18)21-10-15(19)20/h9,11-13H,6-8,10H2,1-5H3,(H,19,20). The molecule has 1 rings (SSSR count). The molecule has 0 aliphatic heterocycles. The van der Waals surface area contributed by atoms with Crippen molar-refractivity contribution < 1.29 is 9.90 Å². The summed E-state index contributed by atoms with van der Waals surface area (Å²) >= 11 is 1.31. The third kappa shape index (κ3) is 5.73. The second-order valence-electron chi connectivity index (χ2n) is 6.35. The summed E-state index contributed by atoms with van der Waals surface area (Å²) < 4.78 is 2.23. The predicted molar refractivity (Wildman–Crippen MR) is 88.1 cm³/mol. The van der Waals surface area contributed by atoms with Gasteiger partial charge in [0.05, 0.1) is 5.75 Å². The van der Waals surface area contributed by atoms with Crippen molar-refractivity contribution in [2.45, 2.75) is 71.0 Å². The number of imidazole rings is 1. The first-order chi connectivity index (χ1) is 9.82. The Morgan fingerprint density at radius 1 is 1.29 bits per heavy atom. The van der Waals surface area contributed by atoms with Crippen molar-refractivity contribution in [2.24, 2.45) is 5.92 Å². The average Bonchev–Trinajstić information content (AvgIpc) is 2.79. The van der Waals surface area contributed by atoms with Gasteiger partial charge in [-0.1, -0.05) is 52.3 Å². The van der Waals surface area contributed by atoms with Gasteiger partial charge in [0.2, 0.25) is 0 Å². The van der Waals surface area contributed by atoms with Crippen molar-refractivity contribution in [3.05, 3.63) is 11.9 Å². The van der Waals surface area contributed by atoms with Crippen LogP contribution in [0.3, 0.4) is 0 Å². The van der Waals surface area contributed by atoms with Gasteiger partial charge in [-0.2, -0.15) is 0 Å². The number of aliphatic carboxylic acids is 1. The predicted octanol–water partition coefficient (Wildman–Crippen LogP) is 4.57. The van der Waals surface area contributed by atoms with Crippen molar-refractivity contribution in [1.29, 1.82) is 0 Å². The molecule has 120 valence electrons. The fourth-order valence-electron chi connectivity index (χ4n) is 2.41. The minimum atomic E-state index is -0.798. The number of carboxylic acid groups (broad SMARTS) is 1. The average molecular weight is 312 g/mol. The van der Waals surface area contributed by atoms with E-state index in [2.05, 4.69) is 44.2 Å². The van der Waals surface area contributed by atoms with Crippen LogP contribution in [-0.2, 0) is 4.79 Å². The highest BCUT2D eigenvalue weighted by Gasteiger charge is 2.18. The lowest BCUT2D eigenvalue weighted by Gasteiger charge is -2.21. The Bertz CT molecular complexity index is 455. The highest BCUT2D eigenvalue weighted by Crippen LogP contribution is 2.29. The van der Waals surface area contributed by atoms with E-state index in [-0.39, 0.29) is 5.75 Å². The number of aromatic nitrogens is 2. The largest absolute Gasteiger partial charge is 0.481 e. The van der Waals surface area contributed by atoms with Crippen LogP contribution in [0, 0.1) is 5.92 Å². The van der Waals surface area contributed by atoms with E-state index >= 15 is 0 Å². The third-order valence-corrected chi connectivity index (χ3v) is 4.50. The molecule has 0 aliphatic rings. The first-order valence-corrected chi connectivity index (χ1v) is 8.73. The minimum Gasteiger partial charge on any atom is -0.481 e. The third-order valence-electron chi connectivity index (χ3n) is 3.55. The summed E-state index contributed by atoms with van der Waals surface area (Å²) in [5, 5.41) is 9.70. The number of nitrogens with zero attached hydrogens (tertiary/aromatic N) is 2. The van der Waals surface area contributed by atoms with Gasteiger partial charge >= 0.3 is 5.97 Å². The zero-order chi connectivity index (χ0) is 16.0. The van der Waals surface area contributed by atoms with Crippen molar-refractivity contribution in [3.8, 4) is 0 Å². The van der Waals surface area contributed by atoms with Crippen LogP contribution in [0.2, 0.25) is 0 Å². The van der Waals surface area contributed by atoms with Gasteiger partial charge in [-0.25, -0.2) is 4.98 Å². The summed E-state index contributed by atoms with van der Waals surface area (Å²) in [7, 11) is 0. The molecule has 0 amide bonds. The Kier molecular flexibility index (Phi) is 7.29. The molecular formula is C16H28N2O2S. The molecule has 0 aliphatic carbocycles. The van der Waals surface area contributed by atoms with Crippen LogP contribution >= 0.6 is 11.8 Å². The molecule has 5 heteroatoms. The quantitative estimate of drug-likeness (QED) is 0.679. The molecule has 1 atom stereocenters. The molecular weight excluding hydrogens is 284 g/mol. The van der Waals surface area contributed by atoms with Gasteiger partial charge in [-0.3, -0.25) is 4.79 Å². The number of hydrogen-bond donors (Lipinski definition) is 1. The molecule has 1 unspecified atom stereocenters. The summed E-state index contributed by atoms with van der Waals surface area (Å²) in [5.74, 6) is 0.385. The zero-order valence-corrected chi connectivity index (χ0v) is 14.6. The van der Waals surface area contributed by atoms with Crippen LogP contribution in [0.5, 0.6) is 0 Å². The summed E-state index contributed by atoms with van der Waals surface area (Å²) in [6, 6.07) is 0.361. The van der Waals surface area contributed by atoms with E-state index in [9.17, 15) is 4.79 Å². The van der Waals surface area contributed by atoms with E-state index in [0.717, 1.165) is 17.5 Å². The lowest BCUT2D eigenvalue weighted by Crippen LogP contribution is -2.12. The molecule has 0 aromatic carbocycles. The van der Waals surface area contributed by atoms with Crippen molar-refractivity contribution in [1.82, 2.24) is 9.55 Å². The highest BCUT2D eigenvalue weighted by atomic mass is 32.2. The molecule has 21 heavy (non-hydrogen) atoms. The number of carbonyl (C=O) groups is 1. The normalized spacial score (nSPS) is 13.1. The molecule has 0 saturated heterocycles. The van der Waals surface area contributed by atoms with Crippen LogP contribution in [0.15, 0.2) is 11.4 Å². The lowest BCUT2D eigenvalue weighted by molar-refractivity contribution is -0.133. The second-order valence-corrected chi connectivity index (χ2v) is 7.29. The van der Waals surface area contributed by atoms with Gasteiger partial charge in [-0.05, 0) is 25.2 Å². The molecule has 0 fully saturated rings. The fourth-order valence-corrected chi connectivity index (χ4v) is 3.21. The molecule has 0 bridgehead atoms. The van der Waals surface area contributed by atoms with Crippen LogP contribution in [0.1, 0.15) is 71.5 Å². The van der Waals surface area contributed by atoms with Gasteiger partial charge in [0, 0.05) is 17.9 Å². The molecule has 0 spiro atoms. The van der Waals surface area contributed by atoms with E-state index in [1.54, 1.807) is 0 Å². The van der Waals surface area contributed by atoms with Gasteiger partial charge in [0.15, 0.2) is 5.16 Å². The second kappa shape index (κ2) is 8.47. The first-order valence-electron chi connectivity index (χ1n) is 7.74. The van der Waals surface area contributed by atoms with Crippen molar-refractivity contribution in [3.63, 3.8) is 0 Å². The maximum absolute atomic E-state index is 10.8. The van der Waals surface area contributed by atoms with E-state index in [1.165, 1.54) is 30.3 Å². The van der Waals surface area contributed by atoms with Crippen LogP contribution in [0.25, 0.3) is 0 Å². The Labute approximate surface area is 132 Å². The maximum Gasteiger partial charge on any atom is 0.313 e. The molecule has 0 saturated carbocycles. The topological polar surface area (TPSA) is 55.1 Å². The number of thioether (sulfide) groups is 1. The lowest BCUT2D eigenvalue weighted by atomic mass is 10.0. The summed E-state index contributed by atoms with van der Waals surface area (Å²) in [6.07, 6.45) is 5.42. The molecule has 1 aromatic heterocycles. The molecule has 1 aromatic rings. The Morgan fingerprint density at radius 2 is 1.95 bits per heavy atom. The SMILES string of the molecule is CC(C)CCCC(C)n1c(C(C)C)cnc1SCC(=O)O. The van der Waals surface area contributed by atoms with E-state index in [1.807, 2.05) is 6.20 Å². The molecule has 4 nitrogen and oxygen atoms in total. The van der Waals surface area contributed by atoms with Gasteiger partial charge in [-0.15, -0.1) is 0 Å². The fraction of sp³-hybridized carbons (Fsp3) is 0.750. The van der Waals surface area contributed by atoms with E-state index in [4.69, 9.17) is 5.11 Å². The maximum atomic E-state index is 10.8. The Hall–Kier alpha value is -0.970. The number of hydrogen-bond acceptors (Lipinski definition) is 3. The summed E-state index contributed by atoms with van der Waals surface area (Å²) in [5.41, 5.74) is 1.19. The zero-order valence-electron chi connectivity index (χ0n) is 13.8. The Balaban J connectivity index is 2.83. The van der Waals surface area contributed by atoms with Gasteiger partial charge in [0.1, 0.15) is 0 Å². The van der Waals surface area contributed by atoms with Crippen molar-refractivity contribution >= 4 is 17.7 Å². The summed E-state index contributed by atoms with van der Waals surface area (Å²) in [6.45, 7) is 11.0. The molecule has 1 N–H and O–H groups in total. The number of carboxylic acids is 1. The smallest absolute Gasteiger partial charge is 0.313 e. The van der Waals surface area contributed by atoms with Crippen LogP contribution in [0.4, 0.5) is 0 Å². The first kappa shape index (κ1) is 18.1. The van der Waals surface area contributed by atoms with Crippen molar-refractivity contribution in [2.75, 3.05) is 5.75 Å². The molecule has 0 radical (unpaired) electrons. The van der Waals surface area contributed by atoms with Crippen LogP contribution < -0.4 is 0 Å². The van der Waals surface area contributed by atoms with Gasteiger partial charge < -0.3 is 9.67 Å². The van der Waals surface area contributed by atoms with E-state index < -0.39 is 5.97 Å². The van der Waals surface area contributed by atoms with E-state index in [0.29, 0.717) is 12.0 Å². The van der Waals surface area contributed by atoms with Crippen LogP contribution in [-0.4, -0.2) is 26.4 Å². The Morgan fingerprint density at radius 3 is 2.48 bits per heavy atom.